The fourth-order valence-corrected chi connectivity index (χ4v) is 2.43. The summed E-state index contributed by atoms with van der Waals surface area (Å²) in [6.07, 6.45) is -3.26. The summed E-state index contributed by atoms with van der Waals surface area (Å²) in [5.41, 5.74) is -0.139. The summed E-state index contributed by atoms with van der Waals surface area (Å²) in [5.74, 6) is 0.254. The number of ether oxygens (including phenoxy) is 1. The van der Waals surface area contributed by atoms with Gasteiger partial charge in [0.05, 0.1) is 12.9 Å². The molecular formula is C11H15N5O5. The van der Waals surface area contributed by atoms with Crippen LogP contribution in [0.5, 0.6) is 0 Å². The van der Waals surface area contributed by atoms with Crippen molar-refractivity contribution >= 4 is 17.1 Å². The third kappa shape index (κ3) is 2.00. The number of nitrogens with zero attached hydrogens (tertiary/aromatic N) is 3. The van der Waals surface area contributed by atoms with Gasteiger partial charge in [0, 0.05) is 7.05 Å². The van der Waals surface area contributed by atoms with Crippen LogP contribution in [-0.2, 0) is 4.74 Å². The summed E-state index contributed by atoms with van der Waals surface area (Å²) in [4.78, 5) is 22.3. The zero-order valence-electron chi connectivity index (χ0n) is 11.1. The summed E-state index contributed by atoms with van der Waals surface area (Å²) in [7, 11) is 1.59. The number of aromatic amines is 1. The van der Waals surface area contributed by atoms with E-state index < -0.39 is 36.7 Å². The van der Waals surface area contributed by atoms with E-state index in [0.717, 1.165) is 0 Å². The van der Waals surface area contributed by atoms with Crippen LogP contribution in [0.2, 0.25) is 0 Å². The first-order chi connectivity index (χ1) is 10.1. The van der Waals surface area contributed by atoms with Crippen LogP contribution in [-0.4, -0.2) is 66.8 Å². The molecule has 0 aliphatic carbocycles. The minimum Gasteiger partial charge on any atom is -0.394 e. The number of hydrogen-bond donors (Lipinski definition) is 5. The standard InChI is InChI=1S/C11H15N5O5/c1-12-11-15-5-8(13-3-14-9(5)20)16(11)10-7(19)6(18)4(2-17)21-10/h3-4,6-7,10,17-19H,2H2,1H3,(H,12,15)(H,13,14,20)/t4-,6-,7-,10?/m1/s1. The SMILES string of the molecule is CNc1nc2c(=O)[nH]cnc2n1C1O[C@H](CO)[C@@H](O)[C@H]1O. The number of aliphatic hydroxyl groups is 3. The Bertz CT molecular complexity index is 713. The van der Waals surface area contributed by atoms with Gasteiger partial charge in [-0.25, -0.2) is 9.97 Å². The van der Waals surface area contributed by atoms with Crippen molar-refractivity contribution in [2.24, 2.45) is 0 Å². The molecule has 0 spiro atoms. The predicted octanol–water partition coefficient (Wildman–Crippen LogP) is -2.23. The molecule has 1 unspecified atom stereocenters. The molecule has 0 aromatic carbocycles. The van der Waals surface area contributed by atoms with Crippen LogP contribution < -0.4 is 10.9 Å². The highest BCUT2D eigenvalue weighted by Crippen LogP contribution is 2.33. The Kier molecular flexibility index (Phi) is 3.37. The average molecular weight is 297 g/mol. The number of nitrogens with one attached hydrogen (secondary N) is 2. The second-order valence-electron chi connectivity index (χ2n) is 4.69. The van der Waals surface area contributed by atoms with E-state index in [-0.39, 0.29) is 17.1 Å². The number of hydrogen-bond acceptors (Lipinski definition) is 8. The lowest BCUT2D eigenvalue weighted by Crippen LogP contribution is -2.33. The van der Waals surface area contributed by atoms with Crippen molar-refractivity contribution in [2.45, 2.75) is 24.5 Å². The van der Waals surface area contributed by atoms with Crippen LogP contribution in [0.25, 0.3) is 11.2 Å². The van der Waals surface area contributed by atoms with Gasteiger partial charge in [0.15, 0.2) is 17.4 Å². The monoisotopic (exact) mass is 297 g/mol. The highest BCUT2D eigenvalue weighted by Gasteiger charge is 2.44. The van der Waals surface area contributed by atoms with Crippen molar-refractivity contribution < 1.29 is 20.1 Å². The summed E-state index contributed by atoms with van der Waals surface area (Å²) in [6.45, 7) is -0.440. The molecule has 0 amide bonds. The zero-order chi connectivity index (χ0) is 15.1. The molecule has 3 rings (SSSR count). The van der Waals surface area contributed by atoms with Gasteiger partial charge in [-0.1, -0.05) is 0 Å². The number of aromatic nitrogens is 4. The molecular weight excluding hydrogens is 282 g/mol. The number of aliphatic hydroxyl groups excluding tert-OH is 3. The predicted molar refractivity (Wildman–Crippen MR) is 70.7 cm³/mol. The zero-order valence-corrected chi connectivity index (χ0v) is 11.1. The van der Waals surface area contributed by atoms with Gasteiger partial charge in [-0.2, -0.15) is 0 Å². The maximum absolute atomic E-state index is 11.7. The van der Waals surface area contributed by atoms with E-state index in [9.17, 15) is 15.0 Å². The molecule has 4 atom stereocenters. The molecule has 1 fully saturated rings. The molecule has 0 bridgehead atoms. The summed E-state index contributed by atoms with van der Waals surface area (Å²) in [6, 6.07) is 0. The highest BCUT2D eigenvalue weighted by molar-refractivity contribution is 5.73. The van der Waals surface area contributed by atoms with Crippen molar-refractivity contribution in [3.05, 3.63) is 16.7 Å². The Morgan fingerprint density at radius 3 is 2.86 bits per heavy atom. The minimum atomic E-state index is -1.28. The van der Waals surface area contributed by atoms with Crippen molar-refractivity contribution in [3.63, 3.8) is 0 Å². The van der Waals surface area contributed by atoms with Gasteiger partial charge in [0.2, 0.25) is 5.95 Å². The Morgan fingerprint density at radius 1 is 1.48 bits per heavy atom. The van der Waals surface area contributed by atoms with E-state index >= 15 is 0 Å². The second-order valence-corrected chi connectivity index (χ2v) is 4.69. The van der Waals surface area contributed by atoms with Crippen LogP contribution >= 0.6 is 0 Å². The normalized spacial score (nSPS) is 29.1. The Labute approximate surface area is 118 Å². The van der Waals surface area contributed by atoms with Gasteiger partial charge < -0.3 is 30.4 Å². The first kappa shape index (κ1) is 13.9. The molecule has 2 aromatic rings. The van der Waals surface area contributed by atoms with Crippen LogP contribution in [0.1, 0.15) is 6.23 Å². The molecule has 0 radical (unpaired) electrons. The summed E-state index contributed by atoms with van der Waals surface area (Å²) >= 11 is 0. The Morgan fingerprint density at radius 2 is 2.24 bits per heavy atom. The van der Waals surface area contributed by atoms with Crippen molar-refractivity contribution in [2.75, 3.05) is 19.0 Å². The Hall–Kier alpha value is -2.01. The molecule has 1 aliphatic heterocycles. The molecule has 114 valence electrons. The van der Waals surface area contributed by atoms with Gasteiger partial charge in [0.25, 0.3) is 5.56 Å². The van der Waals surface area contributed by atoms with Crippen LogP contribution in [0.4, 0.5) is 5.95 Å². The van der Waals surface area contributed by atoms with Crippen LogP contribution in [0, 0.1) is 0 Å². The van der Waals surface area contributed by atoms with E-state index in [1.165, 1.54) is 10.9 Å². The van der Waals surface area contributed by atoms with Gasteiger partial charge in [-0.3, -0.25) is 9.36 Å². The summed E-state index contributed by atoms with van der Waals surface area (Å²) < 4.78 is 6.83. The molecule has 2 aromatic heterocycles. The molecule has 5 N–H and O–H groups in total. The van der Waals surface area contributed by atoms with Crippen LogP contribution in [0.3, 0.4) is 0 Å². The van der Waals surface area contributed by atoms with Crippen LogP contribution in [0.15, 0.2) is 11.1 Å². The number of imidazole rings is 1. The Balaban J connectivity index is 2.16. The molecule has 10 heteroatoms. The van der Waals surface area contributed by atoms with Gasteiger partial charge in [-0.05, 0) is 0 Å². The van der Waals surface area contributed by atoms with Gasteiger partial charge >= 0.3 is 0 Å². The highest BCUT2D eigenvalue weighted by atomic mass is 16.6. The number of H-pyrrole nitrogens is 1. The van der Waals surface area contributed by atoms with Gasteiger partial charge in [0.1, 0.15) is 18.3 Å². The molecule has 21 heavy (non-hydrogen) atoms. The van der Waals surface area contributed by atoms with E-state index in [1.54, 1.807) is 7.05 Å². The molecule has 10 nitrogen and oxygen atoms in total. The topological polar surface area (TPSA) is 146 Å². The maximum atomic E-state index is 11.7. The first-order valence-corrected chi connectivity index (χ1v) is 6.34. The van der Waals surface area contributed by atoms with E-state index in [4.69, 9.17) is 9.84 Å². The second kappa shape index (κ2) is 5.07. The molecule has 3 heterocycles. The van der Waals surface area contributed by atoms with Crippen molar-refractivity contribution in [1.82, 2.24) is 19.5 Å². The molecule has 0 saturated carbocycles. The van der Waals surface area contributed by atoms with E-state index in [2.05, 4.69) is 20.3 Å². The quantitative estimate of drug-likeness (QED) is 0.428. The maximum Gasteiger partial charge on any atom is 0.278 e. The van der Waals surface area contributed by atoms with Crippen molar-refractivity contribution in [1.29, 1.82) is 0 Å². The average Bonchev–Trinajstić information content (AvgIpc) is 2.99. The smallest absolute Gasteiger partial charge is 0.278 e. The summed E-state index contributed by atoms with van der Waals surface area (Å²) in [5, 5.41) is 31.9. The van der Waals surface area contributed by atoms with E-state index in [0.29, 0.717) is 0 Å². The number of fused-ring (bicyclic) bond motifs is 1. The lowest BCUT2D eigenvalue weighted by molar-refractivity contribution is -0.0501. The van der Waals surface area contributed by atoms with Crippen molar-refractivity contribution in [3.8, 4) is 0 Å². The third-order valence-corrected chi connectivity index (χ3v) is 3.48. The fraction of sp³-hybridized carbons (Fsp3) is 0.545. The number of anilines is 1. The third-order valence-electron chi connectivity index (χ3n) is 3.48. The fourth-order valence-electron chi connectivity index (χ4n) is 2.43. The molecule has 1 saturated heterocycles. The first-order valence-electron chi connectivity index (χ1n) is 6.34. The van der Waals surface area contributed by atoms with E-state index in [1.807, 2.05) is 0 Å². The largest absolute Gasteiger partial charge is 0.394 e. The molecule has 1 aliphatic rings. The lowest BCUT2D eigenvalue weighted by Gasteiger charge is -2.18. The lowest BCUT2D eigenvalue weighted by atomic mass is 10.1. The van der Waals surface area contributed by atoms with Gasteiger partial charge in [-0.15, -0.1) is 0 Å². The number of rotatable bonds is 3. The minimum absolute atomic E-state index is 0.0830.